The van der Waals surface area contributed by atoms with Crippen molar-refractivity contribution in [3.63, 3.8) is 0 Å². The molecule has 0 aromatic heterocycles. The molecule has 2 nitrogen and oxygen atoms in total. The van der Waals surface area contributed by atoms with Crippen LogP contribution >= 0.6 is 11.6 Å². The van der Waals surface area contributed by atoms with E-state index in [4.69, 9.17) is 16.3 Å². The molecule has 1 aliphatic heterocycles. The molecule has 1 N–H and O–H groups in total. The van der Waals surface area contributed by atoms with Crippen molar-refractivity contribution in [2.24, 2.45) is 5.92 Å². The van der Waals surface area contributed by atoms with Crippen LogP contribution in [0.25, 0.3) is 0 Å². The lowest BCUT2D eigenvalue weighted by atomic mass is 9.78. The molecule has 2 aromatic carbocycles. The molecule has 0 spiro atoms. The van der Waals surface area contributed by atoms with Crippen molar-refractivity contribution in [2.45, 2.75) is 38.5 Å². The Kier molecular flexibility index (Phi) is 6.03. The van der Waals surface area contributed by atoms with Crippen LogP contribution in [-0.4, -0.2) is 19.7 Å². The van der Waals surface area contributed by atoms with E-state index in [1.165, 1.54) is 24.0 Å². The van der Waals surface area contributed by atoms with E-state index >= 15 is 0 Å². The minimum Gasteiger partial charge on any atom is -0.492 e. The Balaban J connectivity index is 1.64. The Morgan fingerprint density at radius 1 is 1.12 bits per heavy atom. The van der Waals surface area contributed by atoms with E-state index < -0.39 is 0 Å². The third kappa shape index (κ3) is 4.56. The molecule has 1 atom stereocenters. The summed E-state index contributed by atoms with van der Waals surface area (Å²) in [6, 6.07) is 16.7. The van der Waals surface area contributed by atoms with Crippen LogP contribution in [-0.2, 0) is 5.41 Å². The second-order valence-corrected chi connectivity index (χ2v) is 7.89. The first kappa shape index (κ1) is 18.3. The number of hydrogen-bond acceptors (Lipinski definition) is 2. The Bertz CT molecular complexity index is 678. The van der Waals surface area contributed by atoms with E-state index in [0.717, 1.165) is 37.8 Å². The van der Waals surface area contributed by atoms with E-state index in [1.54, 1.807) is 0 Å². The molecule has 1 saturated heterocycles. The summed E-state index contributed by atoms with van der Waals surface area (Å²) >= 11 is 6.51. The number of ether oxygens (including phenoxy) is 1. The number of rotatable bonds is 6. The minimum atomic E-state index is -0.0861. The molecule has 2 aromatic rings. The Labute approximate surface area is 156 Å². The molecule has 0 bridgehead atoms. The fourth-order valence-corrected chi connectivity index (χ4v) is 3.77. The van der Waals surface area contributed by atoms with Gasteiger partial charge in [-0.05, 0) is 61.5 Å². The summed E-state index contributed by atoms with van der Waals surface area (Å²) in [4.78, 5) is 0. The molecule has 1 heterocycles. The zero-order chi connectivity index (χ0) is 17.7. The third-order valence-electron chi connectivity index (χ3n) is 5.33. The fourth-order valence-electron chi connectivity index (χ4n) is 3.53. The van der Waals surface area contributed by atoms with Gasteiger partial charge in [-0.3, -0.25) is 0 Å². The molecule has 0 radical (unpaired) electrons. The predicted molar refractivity (Wildman–Crippen MR) is 106 cm³/mol. The minimum absolute atomic E-state index is 0.0861. The molecule has 1 aliphatic rings. The van der Waals surface area contributed by atoms with Gasteiger partial charge in [0.25, 0.3) is 0 Å². The second-order valence-electron chi connectivity index (χ2n) is 7.49. The lowest BCUT2D eigenvalue weighted by molar-refractivity contribution is 0.254. The van der Waals surface area contributed by atoms with Crippen molar-refractivity contribution < 1.29 is 4.74 Å². The molecule has 3 heteroatoms. The molecule has 0 saturated carbocycles. The van der Waals surface area contributed by atoms with E-state index in [1.807, 2.05) is 18.2 Å². The first-order chi connectivity index (χ1) is 12.1. The average molecular weight is 358 g/mol. The van der Waals surface area contributed by atoms with Gasteiger partial charge in [-0.2, -0.15) is 0 Å². The number of hydrogen-bond donors (Lipinski definition) is 1. The number of piperidine rings is 1. The quantitative estimate of drug-likeness (QED) is 0.743. The topological polar surface area (TPSA) is 21.3 Å². The second kappa shape index (κ2) is 8.25. The van der Waals surface area contributed by atoms with E-state index in [-0.39, 0.29) is 5.41 Å². The van der Waals surface area contributed by atoms with Gasteiger partial charge in [0.05, 0.1) is 11.6 Å². The Morgan fingerprint density at radius 2 is 1.92 bits per heavy atom. The third-order valence-corrected chi connectivity index (χ3v) is 5.63. The van der Waals surface area contributed by atoms with E-state index in [9.17, 15) is 0 Å². The highest BCUT2D eigenvalue weighted by molar-refractivity contribution is 6.32. The van der Waals surface area contributed by atoms with Gasteiger partial charge in [-0.1, -0.05) is 61.8 Å². The average Bonchev–Trinajstić information content (AvgIpc) is 2.64. The highest BCUT2D eigenvalue weighted by Gasteiger charge is 2.23. The van der Waals surface area contributed by atoms with Crippen LogP contribution in [0.15, 0.2) is 48.5 Å². The molecule has 3 rings (SSSR count). The maximum Gasteiger partial charge on any atom is 0.137 e. The summed E-state index contributed by atoms with van der Waals surface area (Å²) < 4.78 is 5.95. The number of benzene rings is 2. The van der Waals surface area contributed by atoms with E-state index in [2.05, 4.69) is 49.5 Å². The Morgan fingerprint density at radius 3 is 2.60 bits per heavy atom. The molecular weight excluding hydrogens is 330 g/mol. The van der Waals surface area contributed by atoms with Crippen LogP contribution in [0.1, 0.15) is 44.2 Å². The summed E-state index contributed by atoms with van der Waals surface area (Å²) in [5.41, 5.74) is 2.40. The van der Waals surface area contributed by atoms with Crippen molar-refractivity contribution in [1.29, 1.82) is 0 Å². The van der Waals surface area contributed by atoms with Gasteiger partial charge in [-0.25, -0.2) is 0 Å². The van der Waals surface area contributed by atoms with Crippen LogP contribution in [0.4, 0.5) is 0 Å². The van der Waals surface area contributed by atoms with Crippen molar-refractivity contribution in [3.05, 3.63) is 64.7 Å². The standard InChI is InChI=1S/C22H28ClNO/c1-22(2,18-8-4-3-5-9-18)19-10-11-21(20(23)15-19)25-14-12-17-7-6-13-24-16-17/h3-5,8-11,15,17,24H,6-7,12-14,16H2,1-2H3/t17-/m0/s1. The van der Waals surface area contributed by atoms with Crippen LogP contribution in [0.2, 0.25) is 5.02 Å². The van der Waals surface area contributed by atoms with Crippen LogP contribution < -0.4 is 10.1 Å². The molecule has 0 aliphatic carbocycles. The van der Waals surface area contributed by atoms with Crippen molar-refractivity contribution in [1.82, 2.24) is 5.32 Å². The smallest absolute Gasteiger partial charge is 0.137 e. The molecule has 25 heavy (non-hydrogen) atoms. The first-order valence-corrected chi connectivity index (χ1v) is 9.64. The lowest BCUT2D eigenvalue weighted by Gasteiger charge is -2.27. The van der Waals surface area contributed by atoms with Crippen LogP contribution in [0.3, 0.4) is 0 Å². The van der Waals surface area contributed by atoms with Gasteiger partial charge in [-0.15, -0.1) is 0 Å². The van der Waals surface area contributed by atoms with Crippen LogP contribution in [0, 0.1) is 5.92 Å². The molecular formula is C22H28ClNO. The highest BCUT2D eigenvalue weighted by atomic mass is 35.5. The summed E-state index contributed by atoms with van der Waals surface area (Å²) in [5.74, 6) is 1.52. The maximum atomic E-state index is 6.51. The summed E-state index contributed by atoms with van der Waals surface area (Å²) in [7, 11) is 0. The normalized spacial score (nSPS) is 18.1. The zero-order valence-corrected chi connectivity index (χ0v) is 16.0. The van der Waals surface area contributed by atoms with Crippen LogP contribution in [0.5, 0.6) is 5.75 Å². The van der Waals surface area contributed by atoms with Gasteiger partial charge in [0.2, 0.25) is 0 Å². The van der Waals surface area contributed by atoms with Gasteiger partial charge in [0, 0.05) is 5.41 Å². The predicted octanol–water partition coefficient (Wildman–Crippen LogP) is 5.43. The van der Waals surface area contributed by atoms with Crippen molar-refractivity contribution >= 4 is 11.6 Å². The maximum absolute atomic E-state index is 6.51. The largest absolute Gasteiger partial charge is 0.492 e. The van der Waals surface area contributed by atoms with Gasteiger partial charge >= 0.3 is 0 Å². The fraction of sp³-hybridized carbons (Fsp3) is 0.455. The molecule has 134 valence electrons. The van der Waals surface area contributed by atoms with Gasteiger partial charge < -0.3 is 10.1 Å². The highest BCUT2D eigenvalue weighted by Crippen LogP contribution is 2.35. The number of nitrogens with one attached hydrogen (secondary N) is 1. The summed E-state index contributed by atoms with van der Waals surface area (Å²) in [6.45, 7) is 7.45. The van der Waals surface area contributed by atoms with Crippen molar-refractivity contribution in [2.75, 3.05) is 19.7 Å². The molecule has 1 fully saturated rings. The van der Waals surface area contributed by atoms with Gasteiger partial charge in [0.1, 0.15) is 5.75 Å². The number of halogens is 1. The van der Waals surface area contributed by atoms with Gasteiger partial charge in [0.15, 0.2) is 0 Å². The molecule has 0 unspecified atom stereocenters. The first-order valence-electron chi connectivity index (χ1n) is 9.26. The lowest BCUT2D eigenvalue weighted by Crippen LogP contribution is -2.30. The molecule has 0 amide bonds. The monoisotopic (exact) mass is 357 g/mol. The summed E-state index contributed by atoms with van der Waals surface area (Å²) in [6.07, 6.45) is 3.66. The summed E-state index contributed by atoms with van der Waals surface area (Å²) in [5, 5.41) is 4.15. The van der Waals surface area contributed by atoms with Crippen molar-refractivity contribution in [3.8, 4) is 5.75 Å². The zero-order valence-electron chi connectivity index (χ0n) is 15.2. The SMILES string of the molecule is CC(C)(c1ccccc1)c1ccc(OCC[C@@H]2CCCNC2)c(Cl)c1. The Hall–Kier alpha value is -1.51. The van der Waals surface area contributed by atoms with E-state index in [0.29, 0.717) is 5.02 Å².